The SMILES string of the molecule is CCOC(=O)CCCCCOc1ccc(C(C)N)cc1F. The van der Waals surface area contributed by atoms with E-state index < -0.39 is 5.82 Å². The van der Waals surface area contributed by atoms with Crippen LogP contribution in [-0.4, -0.2) is 19.2 Å². The molecule has 0 aliphatic rings. The predicted octanol–water partition coefficient (Wildman–Crippen LogP) is 3.35. The molecule has 0 bridgehead atoms. The number of hydrogen-bond donors (Lipinski definition) is 1. The van der Waals surface area contributed by atoms with Crippen molar-refractivity contribution in [3.63, 3.8) is 0 Å². The molecular formula is C16H24FNO3. The molecule has 2 N–H and O–H groups in total. The number of hydrogen-bond acceptors (Lipinski definition) is 4. The van der Waals surface area contributed by atoms with Crippen LogP contribution in [0.2, 0.25) is 0 Å². The molecule has 0 amide bonds. The maximum atomic E-state index is 13.7. The van der Waals surface area contributed by atoms with E-state index in [0.717, 1.165) is 24.8 Å². The number of carbonyl (C=O) groups is 1. The van der Waals surface area contributed by atoms with Gasteiger partial charge in [-0.15, -0.1) is 0 Å². The van der Waals surface area contributed by atoms with E-state index in [-0.39, 0.29) is 17.8 Å². The van der Waals surface area contributed by atoms with Crippen LogP contribution in [-0.2, 0) is 9.53 Å². The van der Waals surface area contributed by atoms with Gasteiger partial charge in [0.15, 0.2) is 11.6 Å². The Hall–Kier alpha value is -1.62. The number of esters is 1. The Morgan fingerprint density at radius 1 is 1.33 bits per heavy atom. The summed E-state index contributed by atoms with van der Waals surface area (Å²) in [5, 5.41) is 0. The molecule has 0 fully saturated rings. The fourth-order valence-electron chi connectivity index (χ4n) is 1.88. The first-order valence-corrected chi connectivity index (χ1v) is 7.38. The van der Waals surface area contributed by atoms with Crippen LogP contribution in [0.4, 0.5) is 4.39 Å². The lowest BCUT2D eigenvalue weighted by atomic mass is 10.1. The summed E-state index contributed by atoms with van der Waals surface area (Å²) < 4.78 is 24.0. The summed E-state index contributed by atoms with van der Waals surface area (Å²) >= 11 is 0. The van der Waals surface area contributed by atoms with E-state index in [1.165, 1.54) is 6.07 Å². The third-order valence-corrected chi connectivity index (χ3v) is 3.07. The van der Waals surface area contributed by atoms with Gasteiger partial charge in [-0.1, -0.05) is 6.07 Å². The van der Waals surface area contributed by atoms with E-state index in [4.69, 9.17) is 15.2 Å². The first kappa shape index (κ1) is 17.4. The number of rotatable bonds is 9. The van der Waals surface area contributed by atoms with Gasteiger partial charge in [0, 0.05) is 12.5 Å². The molecule has 0 radical (unpaired) electrons. The van der Waals surface area contributed by atoms with Gasteiger partial charge < -0.3 is 15.2 Å². The maximum absolute atomic E-state index is 13.7. The van der Waals surface area contributed by atoms with Crippen LogP contribution in [0.1, 0.15) is 51.1 Å². The lowest BCUT2D eigenvalue weighted by molar-refractivity contribution is -0.143. The van der Waals surface area contributed by atoms with Gasteiger partial charge in [-0.2, -0.15) is 0 Å². The van der Waals surface area contributed by atoms with Gasteiger partial charge in [-0.25, -0.2) is 4.39 Å². The van der Waals surface area contributed by atoms with Gasteiger partial charge in [0.05, 0.1) is 13.2 Å². The average molecular weight is 297 g/mol. The zero-order valence-electron chi connectivity index (χ0n) is 12.7. The van der Waals surface area contributed by atoms with E-state index >= 15 is 0 Å². The third-order valence-electron chi connectivity index (χ3n) is 3.07. The Bertz CT molecular complexity index is 449. The van der Waals surface area contributed by atoms with Crippen molar-refractivity contribution in [3.8, 4) is 5.75 Å². The Morgan fingerprint density at radius 3 is 2.71 bits per heavy atom. The van der Waals surface area contributed by atoms with Crippen LogP contribution in [0.3, 0.4) is 0 Å². The van der Waals surface area contributed by atoms with E-state index in [1.54, 1.807) is 26.0 Å². The molecule has 0 spiro atoms. The maximum Gasteiger partial charge on any atom is 0.305 e. The second kappa shape index (κ2) is 9.34. The molecule has 0 aliphatic carbocycles. The van der Waals surface area contributed by atoms with Crippen molar-refractivity contribution in [3.05, 3.63) is 29.6 Å². The summed E-state index contributed by atoms with van der Waals surface area (Å²) in [5.74, 6) is -0.322. The van der Waals surface area contributed by atoms with Crippen molar-refractivity contribution in [2.24, 2.45) is 5.73 Å². The van der Waals surface area contributed by atoms with Gasteiger partial charge in [-0.05, 0) is 50.8 Å². The van der Waals surface area contributed by atoms with Crippen molar-refractivity contribution < 1.29 is 18.7 Å². The van der Waals surface area contributed by atoms with E-state index in [1.807, 2.05) is 0 Å². The summed E-state index contributed by atoms with van der Waals surface area (Å²) in [4.78, 5) is 11.1. The molecule has 1 aromatic carbocycles. The van der Waals surface area contributed by atoms with Gasteiger partial charge in [0.25, 0.3) is 0 Å². The first-order valence-electron chi connectivity index (χ1n) is 7.38. The summed E-state index contributed by atoms with van der Waals surface area (Å²) in [6.07, 6.45) is 2.80. The minimum absolute atomic E-state index is 0.170. The predicted molar refractivity (Wildman–Crippen MR) is 79.6 cm³/mol. The van der Waals surface area contributed by atoms with Crippen molar-refractivity contribution in [2.75, 3.05) is 13.2 Å². The Kier molecular flexibility index (Phi) is 7.75. The van der Waals surface area contributed by atoms with Crippen molar-refractivity contribution in [1.82, 2.24) is 0 Å². The van der Waals surface area contributed by atoms with Crippen molar-refractivity contribution >= 4 is 5.97 Å². The zero-order chi connectivity index (χ0) is 15.7. The van der Waals surface area contributed by atoms with Crippen molar-refractivity contribution in [1.29, 1.82) is 0 Å². The highest BCUT2D eigenvalue weighted by Gasteiger charge is 2.07. The molecule has 4 nitrogen and oxygen atoms in total. The molecule has 1 aromatic rings. The molecule has 5 heteroatoms. The van der Waals surface area contributed by atoms with Crippen LogP contribution in [0, 0.1) is 5.82 Å². The van der Waals surface area contributed by atoms with Crippen molar-refractivity contribution in [2.45, 2.75) is 45.6 Å². The Morgan fingerprint density at radius 2 is 2.10 bits per heavy atom. The molecule has 1 atom stereocenters. The second-order valence-corrected chi connectivity index (χ2v) is 4.94. The van der Waals surface area contributed by atoms with Gasteiger partial charge in [0.2, 0.25) is 0 Å². The van der Waals surface area contributed by atoms with E-state index in [9.17, 15) is 9.18 Å². The average Bonchev–Trinajstić information content (AvgIpc) is 2.44. The lowest BCUT2D eigenvalue weighted by Crippen LogP contribution is -2.06. The molecule has 0 saturated heterocycles. The number of carbonyl (C=O) groups excluding carboxylic acids is 1. The number of ether oxygens (including phenoxy) is 2. The molecule has 21 heavy (non-hydrogen) atoms. The van der Waals surface area contributed by atoms with Gasteiger partial charge >= 0.3 is 5.97 Å². The number of halogens is 1. The highest BCUT2D eigenvalue weighted by atomic mass is 19.1. The highest BCUT2D eigenvalue weighted by molar-refractivity contribution is 5.69. The smallest absolute Gasteiger partial charge is 0.305 e. The van der Waals surface area contributed by atoms with Crippen LogP contribution in [0.5, 0.6) is 5.75 Å². The molecule has 1 unspecified atom stereocenters. The monoisotopic (exact) mass is 297 g/mol. The molecule has 1 rings (SSSR count). The minimum Gasteiger partial charge on any atom is -0.491 e. The highest BCUT2D eigenvalue weighted by Crippen LogP contribution is 2.21. The third kappa shape index (κ3) is 6.58. The first-order chi connectivity index (χ1) is 10.0. The molecule has 0 saturated carbocycles. The quantitative estimate of drug-likeness (QED) is 0.561. The van der Waals surface area contributed by atoms with Crippen LogP contribution in [0.15, 0.2) is 18.2 Å². The normalized spacial score (nSPS) is 12.0. The van der Waals surface area contributed by atoms with E-state index in [0.29, 0.717) is 19.6 Å². The lowest BCUT2D eigenvalue weighted by Gasteiger charge is -2.10. The Labute approximate surface area is 125 Å². The summed E-state index contributed by atoms with van der Waals surface area (Å²) in [6.45, 7) is 4.44. The molecular weight excluding hydrogens is 273 g/mol. The zero-order valence-corrected chi connectivity index (χ0v) is 12.7. The molecule has 0 aliphatic heterocycles. The molecule has 118 valence electrons. The number of benzene rings is 1. The van der Waals surface area contributed by atoms with Crippen LogP contribution in [0.25, 0.3) is 0 Å². The van der Waals surface area contributed by atoms with Gasteiger partial charge in [0.1, 0.15) is 0 Å². The second-order valence-electron chi connectivity index (χ2n) is 4.94. The number of unbranched alkanes of at least 4 members (excludes halogenated alkanes) is 2. The fourth-order valence-corrected chi connectivity index (χ4v) is 1.88. The van der Waals surface area contributed by atoms with Crippen LogP contribution < -0.4 is 10.5 Å². The summed E-state index contributed by atoms with van der Waals surface area (Å²) in [5.41, 5.74) is 6.43. The van der Waals surface area contributed by atoms with E-state index in [2.05, 4.69) is 0 Å². The Balaban J connectivity index is 2.22. The summed E-state index contributed by atoms with van der Waals surface area (Å²) in [6, 6.07) is 4.58. The topological polar surface area (TPSA) is 61.5 Å². The number of nitrogens with two attached hydrogens (primary N) is 1. The molecule has 0 aromatic heterocycles. The molecule has 0 heterocycles. The summed E-state index contributed by atoms with van der Waals surface area (Å²) in [7, 11) is 0. The standard InChI is InChI=1S/C16H24FNO3/c1-3-20-16(19)7-5-4-6-10-21-15-9-8-13(12(2)18)11-14(15)17/h8-9,11-12H,3-7,10,18H2,1-2H3. The van der Waals surface area contributed by atoms with Gasteiger partial charge in [-0.3, -0.25) is 4.79 Å². The minimum atomic E-state index is -0.392. The van der Waals surface area contributed by atoms with Crippen LogP contribution >= 0.6 is 0 Å². The fraction of sp³-hybridized carbons (Fsp3) is 0.562. The largest absolute Gasteiger partial charge is 0.491 e.